The lowest BCUT2D eigenvalue weighted by atomic mass is 9.87. The minimum absolute atomic E-state index is 0.218. The molecule has 90 valence electrons. The highest BCUT2D eigenvalue weighted by Crippen LogP contribution is 2.28. The molecule has 0 fully saturated rings. The van der Waals surface area contributed by atoms with Crippen LogP contribution >= 0.6 is 15.9 Å². The number of rotatable bonds is 3. The Morgan fingerprint density at radius 2 is 2.00 bits per heavy atom. The van der Waals surface area contributed by atoms with Crippen molar-refractivity contribution in [1.29, 1.82) is 0 Å². The number of hydrogen-bond acceptors (Lipinski definition) is 1. The van der Waals surface area contributed by atoms with Gasteiger partial charge in [0.15, 0.2) is 0 Å². The zero-order valence-corrected chi connectivity index (χ0v) is 11.6. The number of nitrogens with two attached hydrogens (primary N) is 1. The van der Waals surface area contributed by atoms with Gasteiger partial charge < -0.3 is 5.73 Å². The zero-order chi connectivity index (χ0) is 12.3. The predicted molar refractivity (Wildman–Crippen MR) is 69.7 cm³/mol. The van der Waals surface area contributed by atoms with Crippen molar-refractivity contribution in [3.63, 3.8) is 0 Å². The van der Waals surface area contributed by atoms with E-state index in [0.29, 0.717) is 5.56 Å². The molecule has 0 saturated carbocycles. The molecular weight excluding hydrogens is 269 g/mol. The Hall–Kier alpha value is -0.410. The topological polar surface area (TPSA) is 26.0 Å². The molecular formula is C13H19BrFN. The Labute approximate surface area is 105 Å². The maximum Gasteiger partial charge on any atom is 0.128 e. The summed E-state index contributed by atoms with van der Waals surface area (Å²) >= 11 is 3.33. The van der Waals surface area contributed by atoms with Gasteiger partial charge in [-0.1, -0.05) is 36.7 Å². The molecule has 0 aromatic heterocycles. The molecule has 0 spiro atoms. The molecule has 0 amide bonds. The van der Waals surface area contributed by atoms with Crippen molar-refractivity contribution in [3.05, 3.63) is 34.1 Å². The van der Waals surface area contributed by atoms with Crippen LogP contribution in [0.15, 0.2) is 22.7 Å². The van der Waals surface area contributed by atoms with Crippen molar-refractivity contribution >= 4 is 15.9 Å². The second-order valence-corrected chi connectivity index (χ2v) is 6.29. The van der Waals surface area contributed by atoms with Gasteiger partial charge in [0.05, 0.1) is 0 Å². The van der Waals surface area contributed by atoms with Gasteiger partial charge in [0.2, 0.25) is 0 Å². The van der Waals surface area contributed by atoms with Crippen molar-refractivity contribution in [3.8, 4) is 0 Å². The van der Waals surface area contributed by atoms with Crippen molar-refractivity contribution < 1.29 is 4.39 Å². The predicted octanol–water partition coefficient (Wildman–Crippen LogP) is 4.41. The molecule has 0 aliphatic rings. The van der Waals surface area contributed by atoms with E-state index in [9.17, 15) is 4.39 Å². The first-order valence-electron chi connectivity index (χ1n) is 5.50. The fourth-order valence-electron chi connectivity index (χ4n) is 1.54. The summed E-state index contributed by atoms with van der Waals surface area (Å²) in [5.41, 5.74) is 6.84. The van der Waals surface area contributed by atoms with E-state index in [0.717, 1.165) is 17.3 Å². The maximum absolute atomic E-state index is 13.5. The summed E-state index contributed by atoms with van der Waals surface area (Å²) in [6.45, 7) is 6.49. The maximum atomic E-state index is 13.5. The molecule has 1 rings (SSSR count). The summed E-state index contributed by atoms with van der Waals surface area (Å²) < 4.78 is 14.4. The van der Waals surface area contributed by atoms with Crippen LogP contribution in [0.1, 0.15) is 45.2 Å². The first-order valence-corrected chi connectivity index (χ1v) is 6.29. The first kappa shape index (κ1) is 13.7. The molecule has 16 heavy (non-hydrogen) atoms. The number of halogens is 2. The van der Waals surface area contributed by atoms with Gasteiger partial charge in [-0.15, -0.1) is 0 Å². The average molecular weight is 288 g/mol. The standard InChI is InChI=1S/C13H19BrFN/c1-13(2,3)7-6-12(16)10-8-9(14)4-5-11(10)15/h4-5,8,12H,6-7,16H2,1-3H3. The van der Waals surface area contributed by atoms with Gasteiger partial charge in [-0.05, 0) is 36.5 Å². The second kappa shape index (κ2) is 5.28. The van der Waals surface area contributed by atoms with Crippen LogP contribution in [0.25, 0.3) is 0 Å². The normalized spacial score (nSPS) is 13.9. The van der Waals surface area contributed by atoms with E-state index in [-0.39, 0.29) is 17.3 Å². The highest BCUT2D eigenvalue weighted by Gasteiger charge is 2.16. The first-order chi connectivity index (χ1) is 7.29. The summed E-state index contributed by atoms with van der Waals surface area (Å²) in [6, 6.07) is 4.69. The molecule has 1 nitrogen and oxygen atoms in total. The minimum atomic E-state index is -0.225. The van der Waals surface area contributed by atoms with Gasteiger partial charge in [0.25, 0.3) is 0 Å². The Morgan fingerprint density at radius 3 is 2.56 bits per heavy atom. The third-order valence-electron chi connectivity index (χ3n) is 2.56. The van der Waals surface area contributed by atoms with Crippen LogP contribution in [-0.4, -0.2) is 0 Å². The van der Waals surface area contributed by atoms with Crippen LogP contribution < -0.4 is 5.73 Å². The van der Waals surface area contributed by atoms with Crippen LogP contribution in [0.5, 0.6) is 0 Å². The van der Waals surface area contributed by atoms with E-state index in [2.05, 4.69) is 36.7 Å². The summed E-state index contributed by atoms with van der Waals surface area (Å²) in [6.07, 6.45) is 1.79. The van der Waals surface area contributed by atoms with Gasteiger partial charge in [0.1, 0.15) is 5.82 Å². The molecule has 0 aliphatic heterocycles. The zero-order valence-electron chi connectivity index (χ0n) is 10.1. The lowest BCUT2D eigenvalue weighted by molar-refractivity contribution is 0.347. The van der Waals surface area contributed by atoms with E-state index in [1.807, 2.05) is 0 Å². The third kappa shape index (κ3) is 4.22. The molecule has 1 aromatic carbocycles. The van der Waals surface area contributed by atoms with Crippen LogP contribution in [0, 0.1) is 11.2 Å². The van der Waals surface area contributed by atoms with E-state index in [1.54, 1.807) is 12.1 Å². The average Bonchev–Trinajstić information content (AvgIpc) is 2.17. The Balaban J connectivity index is 2.73. The van der Waals surface area contributed by atoms with E-state index in [1.165, 1.54) is 6.07 Å². The van der Waals surface area contributed by atoms with Gasteiger partial charge >= 0.3 is 0 Å². The van der Waals surface area contributed by atoms with E-state index in [4.69, 9.17) is 5.73 Å². The van der Waals surface area contributed by atoms with Crippen molar-refractivity contribution in [1.82, 2.24) is 0 Å². The molecule has 0 bridgehead atoms. The lowest BCUT2D eigenvalue weighted by Gasteiger charge is -2.21. The molecule has 0 heterocycles. The smallest absolute Gasteiger partial charge is 0.128 e. The lowest BCUT2D eigenvalue weighted by Crippen LogP contribution is -2.16. The van der Waals surface area contributed by atoms with Gasteiger partial charge in [-0.25, -0.2) is 4.39 Å². The Bertz CT molecular complexity index is 357. The van der Waals surface area contributed by atoms with Gasteiger partial charge in [-0.3, -0.25) is 0 Å². The highest BCUT2D eigenvalue weighted by atomic mass is 79.9. The Kier molecular flexibility index (Phi) is 4.51. The third-order valence-corrected chi connectivity index (χ3v) is 3.06. The van der Waals surface area contributed by atoms with Crippen molar-refractivity contribution in [2.75, 3.05) is 0 Å². The summed E-state index contributed by atoms with van der Waals surface area (Å²) in [5, 5.41) is 0. The molecule has 3 heteroatoms. The van der Waals surface area contributed by atoms with Crippen LogP contribution in [-0.2, 0) is 0 Å². The summed E-state index contributed by atoms with van der Waals surface area (Å²) in [4.78, 5) is 0. The number of hydrogen-bond donors (Lipinski definition) is 1. The Morgan fingerprint density at radius 1 is 1.38 bits per heavy atom. The quantitative estimate of drug-likeness (QED) is 0.875. The fourth-order valence-corrected chi connectivity index (χ4v) is 1.92. The van der Waals surface area contributed by atoms with E-state index >= 15 is 0 Å². The van der Waals surface area contributed by atoms with Crippen LogP contribution in [0.4, 0.5) is 4.39 Å². The highest BCUT2D eigenvalue weighted by molar-refractivity contribution is 9.10. The van der Waals surface area contributed by atoms with Crippen molar-refractivity contribution in [2.45, 2.75) is 39.7 Å². The molecule has 1 unspecified atom stereocenters. The fraction of sp³-hybridized carbons (Fsp3) is 0.538. The van der Waals surface area contributed by atoms with Crippen molar-refractivity contribution in [2.24, 2.45) is 11.1 Å². The van der Waals surface area contributed by atoms with Gasteiger partial charge in [0, 0.05) is 16.1 Å². The molecule has 2 N–H and O–H groups in total. The largest absolute Gasteiger partial charge is 0.324 e. The molecule has 0 aliphatic carbocycles. The molecule has 0 radical (unpaired) electrons. The SMILES string of the molecule is CC(C)(C)CCC(N)c1cc(Br)ccc1F. The molecule has 1 atom stereocenters. The summed E-state index contributed by atoms with van der Waals surface area (Å²) in [5.74, 6) is -0.218. The summed E-state index contributed by atoms with van der Waals surface area (Å²) in [7, 11) is 0. The number of benzene rings is 1. The second-order valence-electron chi connectivity index (χ2n) is 5.37. The van der Waals surface area contributed by atoms with E-state index < -0.39 is 0 Å². The molecule has 0 saturated heterocycles. The molecule has 1 aromatic rings. The van der Waals surface area contributed by atoms with Crippen LogP contribution in [0.3, 0.4) is 0 Å². The van der Waals surface area contributed by atoms with Gasteiger partial charge in [-0.2, -0.15) is 0 Å². The van der Waals surface area contributed by atoms with Crippen LogP contribution in [0.2, 0.25) is 0 Å². The monoisotopic (exact) mass is 287 g/mol. The minimum Gasteiger partial charge on any atom is -0.324 e.